The zero-order valence-corrected chi connectivity index (χ0v) is 6.18. The fourth-order valence-corrected chi connectivity index (χ4v) is 0.905. The van der Waals surface area contributed by atoms with Gasteiger partial charge in [0.05, 0.1) is 11.8 Å². The van der Waals surface area contributed by atoms with Crippen molar-refractivity contribution in [2.75, 3.05) is 5.75 Å². The Balaban J connectivity index is 2.52. The van der Waals surface area contributed by atoms with Crippen LogP contribution in [0.15, 0.2) is 9.75 Å². The summed E-state index contributed by atoms with van der Waals surface area (Å²) in [4.78, 5) is 3.88. The number of thioether (sulfide) groups is 1. The molecule has 0 atom stereocenters. The molecule has 0 bridgehead atoms. The highest BCUT2D eigenvalue weighted by molar-refractivity contribution is 7.99. The fraction of sp³-hybridized carbons (Fsp3) is 0.400. The molecule has 0 aromatic carbocycles. The molecule has 0 saturated carbocycles. The Morgan fingerprint density at radius 2 is 2.60 bits per heavy atom. The minimum atomic E-state index is 0.349. The molecular weight excluding hydrogens is 150 g/mol. The maximum Gasteiger partial charge on any atom is 0.286 e. The van der Waals surface area contributed by atoms with Crippen molar-refractivity contribution in [3.8, 4) is 6.07 Å². The first kappa shape index (κ1) is 7.09. The molecule has 0 radical (unpaired) electrons. The van der Waals surface area contributed by atoms with Crippen molar-refractivity contribution in [3.05, 3.63) is 5.82 Å². The fourth-order valence-electron chi connectivity index (χ4n) is 0.431. The van der Waals surface area contributed by atoms with E-state index in [2.05, 4.69) is 10.1 Å². The van der Waals surface area contributed by atoms with Crippen LogP contribution in [-0.2, 0) is 0 Å². The van der Waals surface area contributed by atoms with Gasteiger partial charge < -0.3 is 4.52 Å². The van der Waals surface area contributed by atoms with Crippen molar-refractivity contribution in [2.45, 2.75) is 12.1 Å². The van der Waals surface area contributed by atoms with Crippen LogP contribution in [0, 0.1) is 18.3 Å². The van der Waals surface area contributed by atoms with E-state index in [1.165, 1.54) is 11.8 Å². The molecule has 1 rings (SSSR count). The Morgan fingerprint density at radius 3 is 3.10 bits per heavy atom. The summed E-state index contributed by atoms with van der Waals surface area (Å²) < 4.78 is 4.72. The molecule has 1 aromatic rings. The van der Waals surface area contributed by atoms with Gasteiger partial charge in [0.1, 0.15) is 0 Å². The second kappa shape index (κ2) is 3.22. The van der Waals surface area contributed by atoms with Crippen molar-refractivity contribution < 1.29 is 4.52 Å². The molecule has 0 N–H and O–H groups in total. The molecule has 1 heterocycles. The van der Waals surface area contributed by atoms with E-state index in [9.17, 15) is 0 Å². The highest BCUT2D eigenvalue weighted by Gasteiger charge is 2.00. The molecule has 0 amide bonds. The van der Waals surface area contributed by atoms with Crippen LogP contribution < -0.4 is 0 Å². The number of aryl methyl sites for hydroxylation is 1. The summed E-state index contributed by atoms with van der Waals surface area (Å²) in [5.41, 5.74) is 0. The summed E-state index contributed by atoms with van der Waals surface area (Å²) in [6, 6.07) is 1.96. The van der Waals surface area contributed by atoms with E-state index >= 15 is 0 Å². The summed E-state index contributed by atoms with van der Waals surface area (Å²) in [5.74, 6) is 0.946. The molecule has 10 heavy (non-hydrogen) atoms. The predicted octanol–water partition coefficient (Wildman–Crippen LogP) is 0.994. The van der Waals surface area contributed by atoms with E-state index in [0.29, 0.717) is 16.8 Å². The smallest absolute Gasteiger partial charge is 0.286 e. The molecule has 0 aliphatic heterocycles. The first-order valence-corrected chi connectivity index (χ1v) is 3.61. The van der Waals surface area contributed by atoms with Crippen LogP contribution in [0.5, 0.6) is 0 Å². The minimum Gasteiger partial charge on any atom is -0.327 e. The van der Waals surface area contributed by atoms with Gasteiger partial charge in [-0.15, -0.1) is 0 Å². The maximum absolute atomic E-state index is 8.17. The van der Waals surface area contributed by atoms with Crippen molar-refractivity contribution in [2.24, 2.45) is 0 Å². The van der Waals surface area contributed by atoms with E-state index in [0.717, 1.165) is 0 Å². The predicted molar refractivity (Wildman–Crippen MR) is 35.4 cm³/mol. The number of rotatable bonds is 2. The highest BCUT2D eigenvalue weighted by Crippen LogP contribution is 2.13. The van der Waals surface area contributed by atoms with Crippen LogP contribution in [0.4, 0.5) is 0 Å². The summed E-state index contributed by atoms with van der Waals surface area (Å²) in [6.07, 6.45) is 0. The van der Waals surface area contributed by atoms with E-state index in [-0.39, 0.29) is 0 Å². The zero-order chi connectivity index (χ0) is 7.40. The molecule has 0 spiro atoms. The molecule has 0 aliphatic carbocycles. The van der Waals surface area contributed by atoms with Crippen molar-refractivity contribution >= 4 is 11.8 Å². The number of aromatic nitrogens is 2. The molecule has 1 aromatic heterocycles. The monoisotopic (exact) mass is 155 g/mol. The van der Waals surface area contributed by atoms with Gasteiger partial charge in [0.25, 0.3) is 5.22 Å². The molecule has 4 nitrogen and oxygen atoms in total. The second-order valence-corrected chi connectivity index (χ2v) is 2.48. The van der Waals surface area contributed by atoms with Gasteiger partial charge in [-0.25, -0.2) is 0 Å². The Bertz CT molecular complexity index is 252. The average molecular weight is 155 g/mol. The number of nitriles is 1. The Morgan fingerprint density at radius 1 is 1.80 bits per heavy atom. The summed E-state index contributed by atoms with van der Waals surface area (Å²) in [6.45, 7) is 1.74. The zero-order valence-electron chi connectivity index (χ0n) is 5.37. The SMILES string of the molecule is Cc1noc(SCC#N)n1. The van der Waals surface area contributed by atoms with Gasteiger partial charge in [-0.3, -0.25) is 0 Å². The van der Waals surface area contributed by atoms with Crippen LogP contribution in [0.2, 0.25) is 0 Å². The topological polar surface area (TPSA) is 62.7 Å². The lowest BCUT2D eigenvalue weighted by Gasteiger charge is -1.80. The second-order valence-electron chi connectivity index (χ2n) is 1.55. The number of hydrogen-bond donors (Lipinski definition) is 0. The lowest BCUT2D eigenvalue weighted by atomic mass is 10.8. The lowest BCUT2D eigenvalue weighted by molar-refractivity contribution is 0.338. The van der Waals surface area contributed by atoms with Crippen LogP contribution in [0.3, 0.4) is 0 Å². The van der Waals surface area contributed by atoms with Gasteiger partial charge >= 0.3 is 0 Å². The number of nitrogens with zero attached hydrogens (tertiary/aromatic N) is 3. The summed E-state index contributed by atoms with van der Waals surface area (Å²) in [7, 11) is 0. The van der Waals surface area contributed by atoms with Crippen molar-refractivity contribution in [3.63, 3.8) is 0 Å². The van der Waals surface area contributed by atoms with Crippen molar-refractivity contribution in [1.82, 2.24) is 10.1 Å². The van der Waals surface area contributed by atoms with Crippen LogP contribution in [0.25, 0.3) is 0 Å². The first-order valence-electron chi connectivity index (χ1n) is 2.63. The third kappa shape index (κ3) is 1.74. The normalized spacial score (nSPS) is 9.20. The van der Waals surface area contributed by atoms with Gasteiger partial charge in [-0.1, -0.05) is 5.16 Å². The van der Waals surface area contributed by atoms with Gasteiger partial charge in [0.15, 0.2) is 5.82 Å². The largest absolute Gasteiger partial charge is 0.327 e. The maximum atomic E-state index is 8.17. The van der Waals surface area contributed by atoms with E-state index in [1.807, 2.05) is 6.07 Å². The van der Waals surface area contributed by atoms with Crippen LogP contribution >= 0.6 is 11.8 Å². The molecule has 5 heteroatoms. The molecule has 0 fully saturated rings. The number of hydrogen-bond acceptors (Lipinski definition) is 5. The van der Waals surface area contributed by atoms with Gasteiger partial charge in [0, 0.05) is 0 Å². The molecule has 0 aliphatic rings. The highest BCUT2D eigenvalue weighted by atomic mass is 32.2. The lowest BCUT2D eigenvalue weighted by Crippen LogP contribution is -1.73. The van der Waals surface area contributed by atoms with E-state index in [1.54, 1.807) is 6.92 Å². The Labute approximate surface area is 62.2 Å². The van der Waals surface area contributed by atoms with Crippen LogP contribution in [0.1, 0.15) is 5.82 Å². The summed E-state index contributed by atoms with van der Waals surface area (Å²) in [5, 5.41) is 12.2. The Hall–Kier alpha value is -1.02. The quantitative estimate of drug-likeness (QED) is 0.596. The Kier molecular flexibility index (Phi) is 2.29. The molecule has 0 saturated heterocycles. The minimum absolute atomic E-state index is 0.349. The van der Waals surface area contributed by atoms with Gasteiger partial charge in [-0.05, 0) is 18.7 Å². The van der Waals surface area contributed by atoms with E-state index in [4.69, 9.17) is 9.78 Å². The average Bonchev–Trinajstić information content (AvgIpc) is 2.31. The molecule has 0 unspecified atom stereocenters. The molecule has 52 valence electrons. The standard InChI is InChI=1S/C5H5N3OS/c1-4-7-5(9-8-4)10-3-2-6/h3H2,1H3. The van der Waals surface area contributed by atoms with Crippen molar-refractivity contribution in [1.29, 1.82) is 5.26 Å². The van der Waals surface area contributed by atoms with Gasteiger partial charge in [-0.2, -0.15) is 10.2 Å². The summed E-state index contributed by atoms with van der Waals surface area (Å²) >= 11 is 1.24. The van der Waals surface area contributed by atoms with E-state index < -0.39 is 0 Å². The third-order valence-electron chi connectivity index (χ3n) is 0.769. The van der Waals surface area contributed by atoms with Gasteiger partial charge in [0.2, 0.25) is 0 Å². The third-order valence-corrected chi connectivity index (χ3v) is 1.46. The first-order chi connectivity index (χ1) is 4.83. The molecular formula is C5H5N3OS. The van der Waals surface area contributed by atoms with Crippen LogP contribution in [-0.4, -0.2) is 15.9 Å².